The Balaban J connectivity index is 2.67. The molecular formula is C12H17BrN6. The average Bonchev–Trinajstić information content (AvgIpc) is 2.65. The molecule has 2 aromatic heterocycles. The molecule has 2 rings (SSSR count). The second-order valence-corrected chi connectivity index (χ2v) is 6.23. The number of fused-ring (bicyclic) bond motifs is 1. The fourth-order valence-corrected chi connectivity index (χ4v) is 2.15. The van der Waals surface area contributed by atoms with E-state index in [1.807, 2.05) is 23.7 Å². The fraction of sp³-hybridized carbons (Fsp3) is 0.500. The van der Waals surface area contributed by atoms with Gasteiger partial charge in [-0.2, -0.15) is 5.10 Å². The van der Waals surface area contributed by atoms with Crippen LogP contribution < -0.4 is 0 Å². The van der Waals surface area contributed by atoms with Gasteiger partial charge in [0.05, 0.1) is 17.3 Å². The van der Waals surface area contributed by atoms with Crippen molar-refractivity contribution in [3.63, 3.8) is 0 Å². The highest BCUT2D eigenvalue weighted by atomic mass is 79.9. The Kier molecular flexibility index (Phi) is 3.58. The highest BCUT2D eigenvalue weighted by Crippen LogP contribution is 2.31. The first-order chi connectivity index (χ1) is 8.80. The van der Waals surface area contributed by atoms with Crippen molar-refractivity contribution < 1.29 is 0 Å². The molecule has 0 aliphatic rings. The molecule has 2 heterocycles. The van der Waals surface area contributed by atoms with Crippen molar-refractivity contribution in [1.29, 1.82) is 0 Å². The van der Waals surface area contributed by atoms with Gasteiger partial charge < -0.3 is 4.90 Å². The summed E-state index contributed by atoms with van der Waals surface area (Å²) in [7, 11) is 3.82. The van der Waals surface area contributed by atoms with Crippen LogP contribution in [0.5, 0.6) is 0 Å². The Bertz CT molecular complexity index is 623. The standard InChI is InChI=1S/C12H17BrN6/c1-12(2,3)19-11-8(9(13)17-19)10(14-6-15-11)16-7-18(4)5/h6-7H,1-5H3/b16-7-. The van der Waals surface area contributed by atoms with Crippen molar-refractivity contribution in [2.75, 3.05) is 14.1 Å². The predicted molar refractivity (Wildman–Crippen MR) is 79.9 cm³/mol. The molecule has 0 fully saturated rings. The third kappa shape index (κ3) is 2.75. The Morgan fingerprint density at radius 2 is 2.00 bits per heavy atom. The Labute approximate surface area is 120 Å². The lowest BCUT2D eigenvalue weighted by molar-refractivity contribution is 0.364. The van der Waals surface area contributed by atoms with Gasteiger partial charge in [0.15, 0.2) is 11.5 Å². The van der Waals surface area contributed by atoms with Crippen LogP contribution in [0, 0.1) is 0 Å². The first-order valence-corrected chi connectivity index (χ1v) is 6.70. The fourth-order valence-electron chi connectivity index (χ4n) is 1.63. The van der Waals surface area contributed by atoms with E-state index in [1.54, 1.807) is 6.34 Å². The topological polar surface area (TPSA) is 59.2 Å². The van der Waals surface area contributed by atoms with E-state index in [4.69, 9.17) is 0 Å². The van der Waals surface area contributed by atoms with E-state index in [1.165, 1.54) is 6.33 Å². The third-order valence-electron chi connectivity index (χ3n) is 2.45. The van der Waals surface area contributed by atoms with Gasteiger partial charge >= 0.3 is 0 Å². The lowest BCUT2D eigenvalue weighted by atomic mass is 10.1. The molecule has 2 aromatic rings. The number of hydrogen-bond donors (Lipinski definition) is 0. The van der Waals surface area contributed by atoms with Gasteiger partial charge in [-0.3, -0.25) is 0 Å². The Morgan fingerprint density at radius 3 is 2.58 bits per heavy atom. The van der Waals surface area contributed by atoms with E-state index in [-0.39, 0.29) is 5.54 Å². The van der Waals surface area contributed by atoms with Crippen molar-refractivity contribution in [2.24, 2.45) is 4.99 Å². The maximum Gasteiger partial charge on any atom is 0.169 e. The van der Waals surface area contributed by atoms with Crippen LogP contribution in [0.1, 0.15) is 20.8 Å². The van der Waals surface area contributed by atoms with E-state index < -0.39 is 0 Å². The lowest BCUT2D eigenvalue weighted by Crippen LogP contribution is -2.23. The quantitative estimate of drug-likeness (QED) is 0.629. The number of nitrogens with zero attached hydrogens (tertiary/aromatic N) is 6. The zero-order valence-electron chi connectivity index (χ0n) is 11.7. The molecule has 0 saturated carbocycles. The Hall–Kier alpha value is -1.50. The summed E-state index contributed by atoms with van der Waals surface area (Å²) in [5.41, 5.74) is 0.626. The van der Waals surface area contributed by atoms with E-state index in [2.05, 4.69) is 56.8 Å². The third-order valence-corrected chi connectivity index (χ3v) is 3.00. The molecule has 0 N–H and O–H groups in total. The molecule has 0 spiro atoms. The van der Waals surface area contributed by atoms with E-state index in [0.717, 1.165) is 11.0 Å². The monoisotopic (exact) mass is 324 g/mol. The van der Waals surface area contributed by atoms with Crippen LogP contribution >= 0.6 is 15.9 Å². The molecule has 19 heavy (non-hydrogen) atoms. The van der Waals surface area contributed by atoms with Gasteiger partial charge in [0.2, 0.25) is 0 Å². The summed E-state index contributed by atoms with van der Waals surface area (Å²) in [6.45, 7) is 6.24. The highest BCUT2D eigenvalue weighted by Gasteiger charge is 2.22. The number of aliphatic imine (C=N–C) groups is 1. The Morgan fingerprint density at radius 1 is 1.32 bits per heavy atom. The van der Waals surface area contributed by atoms with Crippen LogP contribution in [-0.2, 0) is 5.54 Å². The van der Waals surface area contributed by atoms with Gasteiger partial charge in [0, 0.05) is 14.1 Å². The van der Waals surface area contributed by atoms with Crippen LogP contribution in [-0.4, -0.2) is 45.1 Å². The van der Waals surface area contributed by atoms with Crippen LogP contribution in [0.4, 0.5) is 5.82 Å². The van der Waals surface area contributed by atoms with E-state index >= 15 is 0 Å². The molecule has 6 nitrogen and oxygen atoms in total. The average molecular weight is 325 g/mol. The van der Waals surface area contributed by atoms with Gasteiger partial charge in [-0.1, -0.05) is 0 Å². The molecule has 0 aliphatic carbocycles. The number of halogens is 1. The van der Waals surface area contributed by atoms with Gasteiger partial charge in [-0.15, -0.1) is 0 Å². The smallest absolute Gasteiger partial charge is 0.169 e. The van der Waals surface area contributed by atoms with Crippen LogP contribution in [0.25, 0.3) is 11.0 Å². The summed E-state index contributed by atoms with van der Waals surface area (Å²) in [6.07, 6.45) is 3.23. The molecule has 0 aromatic carbocycles. The molecule has 0 unspecified atom stereocenters. The summed E-state index contributed by atoms with van der Waals surface area (Å²) in [5.74, 6) is 0.612. The van der Waals surface area contributed by atoms with Crippen molar-refractivity contribution in [2.45, 2.75) is 26.3 Å². The molecule has 0 saturated heterocycles. The molecular weight excluding hydrogens is 308 g/mol. The van der Waals surface area contributed by atoms with E-state index in [9.17, 15) is 0 Å². The second-order valence-electron chi connectivity index (χ2n) is 5.48. The predicted octanol–water partition coefficient (Wildman–Crippen LogP) is 2.57. The van der Waals surface area contributed by atoms with E-state index in [0.29, 0.717) is 10.4 Å². The van der Waals surface area contributed by atoms with Gasteiger partial charge in [-0.25, -0.2) is 19.6 Å². The van der Waals surface area contributed by atoms with Gasteiger partial charge in [0.1, 0.15) is 10.9 Å². The number of aromatic nitrogens is 4. The molecule has 0 bridgehead atoms. The summed E-state index contributed by atoms with van der Waals surface area (Å²) in [6, 6.07) is 0. The summed E-state index contributed by atoms with van der Waals surface area (Å²) < 4.78 is 2.59. The molecule has 0 amide bonds. The van der Waals surface area contributed by atoms with Crippen molar-refractivity contribution in [3.8, 4) is 0 Å². The number of hydrogen-bond acceptors (Lipinski definition) is 4. The molecule has 0 radical (unpaired) electrons. The normalized spacial score (nSPS) is 12.5. The first kappa shape index (κ1) is 13.9. The largest absolute Gasteiger partial charge is 0.369 e. The maximum absolute atomic E-state index is 4.49. The summed E-state index contributed by atoms with van der Waals surface area (Å²) in [5, 5.41) is 5.32. The molecule has 0 aliphatic heterocycles. The molecule has 0 atom stereocenters. The van der Waals surface area contributed by atoms with Crippen molar-refractivity contribution in [3.05, 3.63) is 10.9 Å². The van der Waals surface area contributed by atoms with Gasteiger partial charge in [-0.05, 0) is 36.7 Å². The van der Waals surface area contributed by atoms with Crippen LogP contribution in [0.2, 0.25) is 0 Å². The van der Waals surface area contributed by atoms with Crippen LogP contribution in [0.3, 0.4) is 0 Å². The zero-order chi connectivity index (χ0) is 14.2. The minimum absolute atomic E-state index is 0.152. The highest BCUT2D eigenvalue weighted by molar-refractivity contribution is 9.10. The zero-order valence-corrected chi connectivity index (χ0v) is 13.3. The minimum Gasteiger partial charge on any atom is -0.369 e. The maximum atomic E-state index is 4.49. The summed E-state index contributed by atoms with van der Waals surface area (Å²) in [4.78, 5) is 14.8. The SMILES string of the molecule is CN(C)/C=N\c1ncnc2c1c(Br)nn2C(C)(C)C. The molecule has 7 heteroatoms. The van der Waals surface area contributed by atoms with Gasteiger partial charge in [0.25, 0.3) is 0 Å². The molecule has 102 valence electrons. The first-order valence-electron chi connectivity index (χ1n) is 5.91. The lowest BCUT2D eigenvalue weighted by Gasteiger charge is -2.19. The van der Waals surface area contributed by atoms with Crippen molar-refractivity contribution >= 4 is 39.1 Å². The number of rotatable bonds is 2. The second kappa shape index (κ2) is 4.88. The summed E-state index contributed by atoms with van der Waals surface area (Å²) >= 11 is 3.47. The van der Waals surface area contributed by atoms with Crippen LogP contribution in [0.15, 0.2) is 15.9 Å². The van der Waals surface area contributed by atoms with Crippen molar-refractivity contribution in [1.82, 2.24) is 24.6 Å². The minimum atomic E-state index is -0.152.